The predicted octanol–water partition coefficient (Wildman–Crippen LogP) is -0.907. The molecule has 0 aromatic rings. The second kappa shape index (κ2) is 12.4. The third-order valence-corrected chi connectivity index (χ3v) is 1.71. The van der Waals surface area contributed by atoms with E-state index in [2.05, 4.69) is 13.8 Å². The maximum Gasteiger partial charge on any atom is 1.00 e. The van der Waals surface area contributed by atoms with Gasteiger partial charge < -0.3 is 6.26 Å². The molecule has 13 heavy (non-hydrogen) atoms. The van der Waals surface area contributed by atoms with E-state index >= 15 is 0 Å². The molecule has 0 aromatic carbocycles. The van der Waals surface area contributed by atoms with Gasteiger partial charge in [0.05, 0.1) is 0 Å². The van der Waals surface area contributed by atoms with Crippen LogP contribution in [0.2, 0.25) is 0 Å². The Morgan fingerprint density at radius 1 is 1.23 bits per heavy atom. The molecule has 0 fully saturated rings. The van der Waals surface area contributed by atoms with Gasteiger partial charge in [0.2, 0.25) is 0 Å². The Kier molecular flexibility index (Phi) is 15.2. The predicted molar refractivity (Wildman–Crippen MR) is 49.7 cm³/mol. The third-order valence-electron chi connectivity index (χ3n) is 1.71. The van der Waals surface area contributed by atoms with Crippen molar-refractivity contribution in [2.45, 2.75) is 39.5 Å². The van der Waals surface area contributed by atoms with Crippen molar-refractivity contribution in [3.8, 4) is 0 Å². The van der Waals surface area contributed by atoms with Crippen LogP contribution in [-0.4, -0.2) is 24.6 Å². The second-order valence-corrected chi connectivity index (χ2v) is 2.84. The number of rotatable bonds is 8. The molecule has 0 unspecified atom stereocenters. The fourth-order valence-electron chi connectivity index (χ4n) is 0.947. The fraction of sp³-hybridized carbons (Fsp3) is 0.889. The summed E-state index contributed by atoms with van der Waals surface area (Å²) < 4.78 is 0. The standard InChI is InChI=1S/C9H19NO2.Na.H/c1-3-5-7-10(12-9-11)8-6-4-2;;/h9H,3-8H2,1-2H3;;/q;+1;-1. The first kappa shape index (κ1) is 15.9. The van der Waals surface area contributed by atoms with Gasteiger partial charge in [-0.2, -0.15) is 0 Å². The van der Waals surface area contributed by atoms with Gasteiger partial charge in [-0.05, 0) is 12.8 Å². The second-order valence-electron chi connectivity index (χ2n) is 2.84. The van der Waals surface area contributed by atoms with Gasteiger partial charge >= 0.3 is 36.0 Å². The number of nitrogens with zero attached hydrogens (tertiary/aromatic N) is 1. The molecule has 0 heterocycles. The van der Waals surface area contributed by atoms with Crippen LogP contribution in [0.1, 0.15) is 41.0 Å². The molecule has 0 spiro atoms. The van der Waals surface area contributed by atoms with Crippen molar-refractivity contribution in [2.75, 3.05) is 13.1 Å². The summed E-state index contributed by atoms with van der Waals surface area (Å²) >= 11 is 0. The van der Waals surface area contributed by atoms with Crippen LogP contribution in [-0.2, 0) is 9.63 Å². The van der Waals surface area contributed by atoms with E-state index in [1.807, 2.05) is 0 Å². The molecule has 0 N–H and O–H groups in total. The summed E-state index contributed by atoms with van der Waals surface area (Å²) in [4.78, 5) is 14.9. The summed E-state index contributed by atoms with van der Waals surface area (Å²) in [5.74, 6) is 0. The SMILES string of the molecule is CCCCN(CCCC)OC=O.[H-].[Na+]. The number of carbonyl (C=O) groups excluding carboxylic acids is 1. The number of hydrogen-bond acceptors (Lipinski definition) is 3. The Balaban J connectivity index is -0.000000605. The first-order valence-corrected chi connectivity index (χ1v) is 4.70. The van der Waals surface area contributed by atoms with Gasteiger partial charge in [-0.25, -0.2) is 0 Å². The molecule has 3 nitrogen and oxygen atoms in total. The molecule has 0 rings (SSSR count). The zero-order valence-corrected chi connectivity index (χ0v) is 11.1. The van der Waals surface area contributed by atoms with Gasteiger partial charge in [-0.3, -0.25) is 4.79 Å². The van der Waals surface area contributed by atoms with E-state index in [9.17, 15) is 4.79 Å². The van der Waals surface area contributed by atoms with Crippen LogP contribution in [0.5, 0.6) is 0 Å². The number of unbranched alkanes of at least 4 members (excludes halogenated alkanes) is 2. The van der Waals surface area contributed by atoms with Gasteiger partial charge in [0, 0.05) is 13.1 Å². The van der Waals surface area contributed by atoms with E-state index in [-0.39, 0.29) is 31.0 Å². The van der Waals surface area contributed by atoms with E-state index in [1.54, 1.807) is 5.06 Å². The van der Waals surface area contributed by atoms with E-state index in [0.29, 0.717) is 6.47 Å². The molecule has 0 saturated heterocycles. The van der Waals surface area contributed by atoms with Crippen LogP contribution in [0.3, 0.4) is 0 Å². The van der Waals surface area contributed by atoms with Crippen molar-refractivity contribution in [1.82, 2.24) is 5.06 Å². The molecule has 0 aliphatic heterocycles. The molecule has 0 aliphatic carbocycles. The molecular formula is C9H20NNaO2. The van der Waals surface area contributed by atoms with Gasteiger partial charge in [-0.1, -0.05) is 26.7 Å². The maximum absolute atomic E-state index is 10.1. The molecule has 0 amide bonds. The van der Waals surface area contributed by atoms with Crippen molar-refractivity contribution >= 4 is 6.47 Å². The zero-order chi connectivity index (χ0) is 9.23. The van der Waals surface area contributed by atoms with Crippen molar-refractivity contribution in [1.29, 1.82) is 0 Å². The first-order valence-electron chi connectivity index (χ1n) is 4.70. The van der Waals surface area contributed by atoms with Crippen molar-refractivity contribution in [2.24, 2.45) is 0 Å². The summed E-state index contributed by atoms with van der Waals surface area (Å²) in [6, 6.07) is 0. The monoisotopic (exact) mass is 197 g/mol. The van der Waals surface area contributed by atoms with Crippen molar-refractivity contribution < 1.29 is 40.6 Å². The Hall–Kier alpha value is 0.430. The average molecular weight is 197 g/mol. The first-order chi connectivity index (χ1) is 5.85. The number of carbonyl (C=O) groups is 1. The van der Waals surface area contributed by atoms with Crippen LogP contribution in [0, 0.1) is 0 Å². The molecule has 0 radical (unpaired) electrons. The molecule has 0 aromatic heterocycles. The maximum atomic E-state index is 10.1. The van der Waals surface area contributed by atoms with Gasteiger partial charge in [0.1, 0.15) is 0 Å². The van der Waals surface area contributed by atoms with Crippen LogP contribution in [0.25, 0.3) is 0 Å². The zero-order valence-electron chi connectivity index (χ0n) is 10.1. The smallest absolute Gasteiger partial charge is 1.00 e. The topological polar surface area (TPSA) is 29.5 Å². The minimum atomic E-state index is 0. The summed E-state index contributed by atoms with van der Waals surface area (Å²) in [6.07, 6.45) is 4.42. The van der Waals surface area contributed by atoms with E-state index in [0.717, 1.165) is 38.8 Å². The number of hydroxylamine groups is 2. The van der Waals surface area contributed by atoms with Gasteiger partial charge in [0.25, 0.3) is 0 Å². The van der Waals surface area contributed by atoms with Crippen molar-refractivity contribution in [3.05, 3.63) is 0 Å². The normalized spacial score (nSPS) is 9.46. The summed E-state index contributed by atoms with van der Waals surface area (Å²) in [5, 5.41) is 1.74. The molecule has 0 atom stereocenters. The van der Waals surface area contributed by atoms with E-state index in [1.165, 1.54) is 0 Å². The Bertz CT molecular complexity index is 109. The Morgan fingerprint density at radius 3 is 2.00 bits per heavy atom. The minimum absolute atomic E-state index is 0. The van der Waals surface area contributed by atoms with Gasteiger partial charge in [-0.15, -0.1) is 5.06 Å². The van der Waals surface area contributed by atoms with E-state index in [4.69, 9.17) is 4.84 Å². The third kappa shape index (κ3) is 10.4. The van der Waals surface area contributed by atoms with Crippen LogP contribution in [0.4, 0.5) is 0 Å². The van der Waals surface area contributed by atoms with Gasteiger partial charge in [0.15, 0.2) is 0 Å². The number of hydrogen-bond donors (Lipinski definition) is 0. The molecule has 74 valence electrons. The summed E-state index contributed by atoms with van der Waals surface area (Å²) in [6.45, 7) is 6.47. The summed E-state index contributed by atoms with van der Waals surface area (Å²) in [7, 11) is 0. The molecule has 4 heteroatoms. The fourth-order valence-corrected chi connectivity index (χ4v) is 0.947. The molecule has 0 saturated carbocycles. The van der Waals surface area contributed by atoms with Crippen LogP contribution in [0.15, 0.2) is 0 Å². The quantitative estimate of drug-likeness (QED) is 0.287. The molecular weight excluding hydrogens is 177 g/mol. The van der Waals surface area contributed by atoms with Crippen molar-refractivity contribution in [3.63, 3.8) is 0 Å². The molecule has 0 bridgehead atoms. The van der Waals surface area contributed by atoms with E-state index < -0.39 is 0 Å². The minimum Gasteiger partial charge on any atom is -1.00 e. The molecule has 0 aliphatic rings. The average Bonchev–Trinajstić information content (AvgIpc) is 2.10. The largest absolute Gasteiger partial charge is 1.00 e. The Labute approximate surface area is 105 Å². The Morgan fingerprint density at radius 2 is 1.69 bits per heavy atom. The van der Waals surface area contributed by atoms with Crippen LogP contribution < -0.4 is 29.6 Å². The van der Waals surface area contributed by atoms with Crippen LogP contribution >= 0.6 is 0 Å². The summed E-state index contributed by atoms with van der Waals surface area (Å²) in [5.41, 5.74) is 0.